The molecule has 0 heterocycles. The van der Waals surface area contributed by atoms with E-state index < -0.39 is 11.9 Å². The van der Waals surface area contributed by atoms with Crippen LogP contribution in [0.15, 0.2) is 48.5 Å². The lowest BCUT2D eigenvalue weighted by atomic mass is 10.0. The Kier molecular flexibility index (Phi) is 5.95. The topological polar surface area (TPSA) is 65.0 Å². The third-order valence-corrected chi connectivity index (χ3v) is 3.44. The van der Waals surface area contributed by atoms with Gasteiger partial charge in [0.1, 0.15) is 5.75 Å². The summed E-state index contributed by atoms with van der Waals surface area (Å²) in [6.07, 6.45) is 0. The lowest BCUT2D eigenvalue weighted by Gasteiger charge is -2.29. The minimum atomic E-state index is -1.12. The monoisotopic (exact) mass is 330 g/mol. The predicted octanol–water partition coefficient (Wildman–Crippen LogP) is 4.18. The quantitative estimate of drug-likeness (QED) is 0.736. The lowest BCUT2D eigenvalue weighted by molar-refractivity contribution is -0.328. The predicted molar refractivity (Wildman–Crippen MR) is 91.1 cm³/mol. The SMILES string of the molecule is CCOC(C)(OCC)Oc1ccc(-c2ccc(C(=O)O)cc2)cc1. The highest BCUT2D eigenvalue weighted by molar-refractivity contribution is 5.88. The molecule has 2 aromatic rings. The first-order valence-electron chi connectivity index (χ1n) is 7.88. The smallest absolute Gasteiger partial charge is 0.335 e. The van der Waals surface area contributed by atoms with E-state index in [4.69, 9.17) is 19.3 Å². The van der Waals surface area contributed by atoms with Gasteiger partial charge in [0.15, 0.2) is 0 Å². The largest absolute Gasteiger partial charge is 0.478 e. The average Bonchev–Trinajstić information content (AvgIpc) is 2.56. The van der Waals surface area contributed by atoms with E-state index in [1.165, 1.54) is 0 Å². The molecule has 0 atom stereocenters. The van der Waals surface area contributed by atoms with Gasteiger partial charge in [0.2, 0.25) is 0 Å². The summed E-state index contributed by atoms with van der Waals surface area (Å²) in [4.78, 5) is 10.9. The van der Waals surface area contributed by atoms with Gasteiger partial charge in [0.05, 0.1) is 18.8 Å². The molecule has 0 aliphatic rings. The molecular weight excluding hydrogens is 308 g/mol. The Hall–Kier alpha value is -2.37. The number of hydrogen-bond acceptors (Lipinski definition) is 4. The maximum atomic E-state index is 10.9. The van der Waals surface area contributed by atoms with Gasteiger partial charge in [-0.2, -0.15) is 0 Å². The van der Waals surface area contributed by atoms with E-state index in [9.17, 15) is 4.79 Å². The fraction of sp³-hybridized carbons (Fsp3) is 0.316. The Balaban J connectivity index is 2.13. The van der Waals surface area contributed by atoms with Gasteiger partial charge >= 0.3 is 11.9 Å². The minimum Gasteiger partial charge on any atom is -0.478 e. The van der Waals surface area contributed by atoms with E-state index >= 15 is 0 Å². The van der Waals surface area contributed by atoms with Gasteiger partial charge in [0.25, 0.3) is 0 Å². The molecule has 0 saturated heterocycles. The number of carboxylic acid groups (broad SMARTS) is 1. The van der Waals surface area contributed by atoms with Crippen LogP contribution in [0, 0.1) is 0 Å². The second-order valence-electron chi connectivity index (χ2n) is 5.24. The summed E-state index contributed by atoms with van der Waals surface area (Å²) < 4.78 is 16.9. The van der Waals surface area contributed by atoms with Crippen LogP contribution in [-0.4, -0.2) is 30.3 Å². The second kappa shape index (κ2) is 7.95. The van der Waals surface area contributed by atoms with Crippen molar-refractivity contribution in [1.29, 1.82) is 0 Å². The van der Waals surface area contributed by atoms with Crippen LogP contribution in [0.2, 0.25) is 0 Å². The number of benzene rings is 2. The number of carbonyl (C=O) groups is 1. The van der Waals surface area contributed by atoms with Crippen molar-refractivity contribution in [3.05, 3.63) is 54.1 Å². The third kappa shape index (κ3) is 4.57. The van der Waals surface area contributed by atoms with Crippen molar-refractivity contribution in [2.45, 2.75) is 26.7 Å². The maximum absolute atomic E-state index is 10.9. The van der Waals surface area contributed by atoms with Crippen LogP contribution in [-0.2, 0) is 9.47 Å². The molecule has 0 spiro atoms. The third-order valence-electron chi connectivity index (χ3n) is 3.44. The number of rotatable bonds is 8. The molecule has 2 aromatic carbocycles. The Morgan fingerprint density at radius 2 is 1.38 bits per heavy atom. The highest BCUT2D eigenvalue weighted by Crippen LogP contribution is 2.26. The van der Waals surface area contributed by atoms with E-state index in [1.54, 1.807) is 31.2 Å². The average molecular weight is 330 g/mol. The molecule has 0 aliphatic heterocycles. The zero-order chi connectivity index (χ0) is 17.6. The molecule has 5 nitrogen and oxygen atoms in total. The Labute approximate surface area is 141 Å². The van der Waals surface area contributed by atoms with Crippen LogP contribution in [0.25, 0.3) is 11.1 Å². The minimum absolute atomic E-state index is 0.267. The van der Waals surface area contributed by atoms with Crippen molar-refractivity contribution in [2.24, 2.45) is 0 Å². The molecule has 5 heteroatoms. The summed E-state index contributed by atoms with van der Waals surface area (Å²) in [5.41, 5.74) is 2.17. The highest BCUT2D eigenvalue weighted by atomic mass is 16.9. The fourth-order valence-corrected chi connectivity index (χ4v) is 2.36. The molecule has 128 valence electrons. The maximum Gasteiger partial charge on any atom is 0.335 e. The van der Waals surface area contributed by atoms with Crippen molar-refractivity contribution in [1.82, 2.24) is 0 Å². The van der Waals surface area contributed by atoms with Gasteiger partial charge in [0, 0.05) is 6.92 Å². The normalized spacial score (nSPS) is 11.3. The zero-order valence-electron chi connectivity index (χ0n) is 14.1. The van der Waals surface area contributed by atoms with Crippen LogP contribution in [0.5, 0.6) is 5.75 Å². The Bertz CT molecular complexity index is 655. The highest BCUT2D eigenvalue weighted by Gasteiger charge is 2.27. The van der Waals surface area contributed by atoms with Crippen molar-refractivity contribution < 1.29 is 24.1 Å². The van der Waals surface area contributed by atoms with Crippen molar-refractivity contribution in [2.75, 3.05) is 13.2 Å². The molecule has 0 fully saturated rings. The molecule has 0 bridgehead atoms. The van der Waals surface area contributed by atoms with Crippen molar-refractivity contribution in [3.8, 4) is 16.9 Å². The molecule has 1 N–H and O–H groups in total. The van der Waals surface area contributed by atoms with Crippen LogP contribution in [0.4, 0.5) is 0 Å². The summed E-state index contributed by atoms with van der Waals surface area (Å²) >= 11 is 0. The van der Waals surface area contributed by atoms with Crippen molar-refractivity contribution >= 4 is 5.97 Å². The molecule has 0 aliphatic carbocycles. The Morgan fingerprint density at radius 3 is 1.79 bits per heavy atom. The molecule has 0 saturated carbocycles. The van der Waals surface area contributed by atoms with Crippen LogP contribution in [0.1, 0.15) is 31.1 Å². The van der Waals surface area contributed by atoms with Crippen LogP contribution in [0.3, 0.4) is 0 Å². The van der Waals surface area contributed by atoms with Gasteiger partial charge in [-0.05, 0) is 49.2 Å². The van der Waals surface area contributed by atoms with Gasteiger partial charge in [-0.15, -0.1) is 0 Å². The molecule has 0 radical (unpaired) electrons. The summed E-state index contributed by atoms with van der Waals surface area (Å²) in [6.45, 7) is 6.45. The fourth-order valence-electron chi connectivity index (χ4n) is 2.36. The number of aromatic carboxylic acids is 1. The van der Waals surface area contributed by atoms with E-state index in [-0.39, 0.29) is 5.56 Å². The summed E-state index contributed by atoms with van der Waals surface area (Å²) in [5.74, 6) is -1.42. The molecule has 24 heavy (non-hydrogen) atoms. The van der Waals surface area contributed by atoms with Gasteiger partial charge < -0.3 is 19.3 Å². The number of hydrogen-bond donors (Lipinski definition) is 1. The molecular formula is C19H22O5. The van der Waals surface area contributed by atoms with E-state index in [2.05, 4.69) is 0 Å². The molecule has 0 aromatic heterocycles. The lowest BCUT2D eigenvalue weighted by Crippen LogP contribution is -2.39. The standard InChI is InChI=1S/C19H22O5/c1-4-22-19(3,23-5-2)24-17-12-10-15(11-13-17)14-6-8-16(9-7-14)18(20)21/h6-13H,4-5H2,1-3H3,(H,20,21). The van der Waals surface area contributed by atoms with Crippen LogP contribution < -0.4 is 4.74 Å². The summed E-state index contributed by atoms with van der Waals surface area (Å²) in [5, 5.41) is 8.94. The van der Waals surface area contributed by atoms with E-state index in [0.717, 1.165) is 11.1 Å². The zero-order valence-corrected chi connectivity index (χ0v) is 14.1. The summed E-state index contributed by atoms with van der Waals surface area (Å²) in [7, 11) is 0. The number of carboxylic acids is 1. The molecule has 0 amide bonds. The molecule has 2 rings (SSSR count). The first kappa shape index (κ1) is 18.0. The van der Waals surface area contributed by atoms with Gasteiger partial charge in [-0.25, -0.2) is 4.79 Å². The van der Waals surface area contributed by atoms with Gasteiger partial charge in [-0.3, -0.25) is 0 Å². The van der Waals surface area contributed by atoms with Crippen molar-refractivity contribution in [3.63, 3.8) is 0 Å². The first-order valence-corrected chi connectivity index (χ1v) is 7.88. The second-order valence-corrected chi connectivity index (χ2v) is 5.24. The molecule has 0 unspecified atom stereocenters. The number of ether oxygens (including phenoxy) is 3. The first-order chi connectivity index (χ1) is 11.5. The van der Waals surface area contributed by atoms with E-state index in [0.29, 0.717) is 19.0 Å². The van der Waals surface area contributed by atoms with E-state index in [1.807, 2.05) is 38.1 Å². The van der Waals surface area contributed by atoms with Gasteiger partial charge in [-0.1, -0.05) is 24.3 Å². The van der Waals surface area contributed by atoms with Crippen LogP contribution >= 0.6 is 0 Å². The Morgan fingerprint density at radius 1 is 0.917 bits per heavy atom. The summed E-state index contributed by atoms with van der Waals surface area (Å²) in [6, 6.07) is 14.2.